The molecule has 0 aromatic heterocycles. The molecule has 70 heavy (non-hydrogen) atoms. The summed E-state index contributed by atoms with van der Waals surface area (Å²) in [7, 11) is 0. The molecular formula is C56H86O14. The second-order valence-corrected chi connectivity index (χ2v) is 16.3. The smallest absolute Gasteiger partial charge is 0.335 e. The zero-order valence-corrected chi connectivity index (χ0v) is 42.1. The average molecular weight is 983 g/mol. The largest absolute Gasteiger partial charge is 0.481 e. The molecule has 14 nitrogen and oxygen atoms in total. The number of unbranched alkanes of at least 4 members (excludes halogenated alkanes) is 17. The Morgan fingerprint density at radius 3 is 0.914 bits per heavy atom. The third-order valence-corrected chi connectivity index (χ3v) is 9.98. The van der Waals surface area contributed by atoms with Gasteiger partial charge in [0.2, 0.25) is 0 Å². The van der Waals surface area contributed by atoms with Gasteiger partial charge in [-0.3, -0.25) is 9.59 Å². The first-order valence-corrected chi connectivity index (χ1v) is 25.1. The van der Waals surface area contributed by atoms with E-state index in [1.54, 1.807) is 0 Å². The fraction of sp³-hybridized carbons (Fsp3) is 0.536. The molecule has 0 saturated heterocycles. The van der Waals surface area contributed by atoms with Gasteiger partial charge in [0.05, 0.1) is 22.3 Å². The van der Waals surface area contributed by atoms with Crippen LogP contribution < -0.4 is 0 Å². The number of aliphatic hydroxyl groups is 2. The van der Waals surface area contributed by atoms with Crippen molar-refractivity contribution in [1.29, 1.82) is 0 Å². The quantitative estimate of drug-likeness (QED) is 0.0236. The summed E-state index contributed by atoms with van der Waals surface area (Å²) in [5.74, 6) is -5.72. The van der Waals surface area contributed by atoms with Crippen LogP contribution in [0.3, 0.4) is 0 Å². The van der Waals surface area contributed by atoms with Crippen LogP contribution in [-0.2, 0) is 9.59 Å². The molecule has 0 aliphatic carbocycles. The maximum absolute atomic E-state index is 10.4. The van der Waals surface area contributed by atoms with E-state index in [4.69, 9.17) is 40.9 Å². The molecule has 0 bridgehead atoms. The molecule has 0 fully saturated rings. The normalized spacial score (nSPS) is 10.6. The Kier molecular flexibility index (Phi) is 51.3. The minimum absolute atomic E-state index is 0.0186. The van der Waals surface area contributed by atoms with Gasteiger partial charge in [-0.05, 0) is 132 Å². The van der Waals surface area contributed by atoms with Crippen LogP contribution in [-0.4, -0.2) is 89.9 Å². The number of carbonyl (C=O) groups is 6. The lowest BCUT2D eigenvalue weighted by Gasteiger charge is -1.98. The SMILES string of the molecule is CCCCC/C=C\C/C=C\CCCCCCCC(=O)O.CCCCC/C=C\C/C=C\CCCCCCCC(=O)O.O=C(O)c1ccc(C(=O)O)cc1.O=C(O)c1cccc(C(=O)O)c1.OCCCCO. The van der Waals surface area contributed by atoms with Crippen molar-refractivity contribution in [2.45, 2.75) is 181 Å². The van der Waals surface area contributed by atoms with E-state index < -0.39 is 35.8 Å². The number of aliphatic carboxylic acids is 2. The zero-order valence-electron chi connectivity index (χ0n) is 42.1. The molecule has 0 unspecified atom stereocenters. The summed E-state index contributed by atoms with van der Waals surface area (Å²) in [6, 6.07) is 10.2. The molecular weight excluding hydrogens is 897 g/mol. The van der Waals surface area contributed by atoms with Crippen LogP contribution >= 0.6 is 0 Å². The van der Waals surface area contributed by atoms with E-state index in [1.165, 1.54) is 132 Å². The molecule has 2 aromatic rings. The highest BCUT2D eigenvalue weighted by atomic mass is 16.4. The highest BCUT2D eigenvalue weighted by molar-refractivity contribution is 5.93. The lowest BCUT2D eigenvalue weighted by Crippen LogP contribution is -2.01. The molecule has 0 aliphatic heterocycles. The monoisotopic (exact) mass is 983 g/mol. The van der Waals surface area contributed by atoms with Gasteiger partial charge in [0.25, 0.3) is 0 Å². The lowest BCUT2D eigenvalue weighted by atomic mass is 10.1. The number of hydrogen-bond donors (Lipinski definition) is 8. The van der Waals surface area contributed by atoms with E-state index in [1.807, 2.05) is 0 Å². The highest BCUT2D eigenvalue weighted by Crippen LogP contribution is 2.10. The van der Waals surface area contributed by atoms with Crippen molar-refractivity contribution >= 4 is 35.8 Å². The van der Waals surface area contributed by atoms with Gasteiger partial charge in [-0.2, -0.15) is 0 Å². The Hall–Kier alpha value is -5.86. The molecule has 0 aliphatic rings. The number of carboxylic acid groups (broad SMARTS) is 6. The molecule has 0 atom stereocenters. The molecule has 14 heteroatoms. The van der Waals surface area contributed by atoms with Gasteiger partial charge in [-0.15, -0.1) is 0 Å². The zero-order chi connectivity index (χ0) is 52.9. The first-order valence-electron chi connectivity index (χ1n) is 25.1. The molecule has 0 heterocycles. The van der Waals surface area contributed by atoms with Crippen molar-refractivity contribution in [3.63, 3.8) is 0 Å². The summed E-state index contributed by atoms with van der Waals surface area (Å²) in [6.45, 7) is 4.86. The van der Waals surface area contributed by atoms with Crippen LogP contribution in [0.4, 0.5) is 0 Å². The summed E-state index contributed by atoms with van der Waals surface area (Å²) in [5, 5.41) is 67.1. The molecule has 8 N–H and O–H groups in total. The van der Waals surface area contributed by atoms with Crippen molar-refractivity contribution < 1.29 is 69.6 Å². The third kappa shape index (κ3) is 51.5. The summed E-state index contributed by atoms with van der Waals surface area (Å²) < 4.78 is 0. The van der Waals surface area contributed by atoms with Gasteiger partial charge >= 0.3 is 35.8 Å². The molecule has 0 saturated carbocycles. The molecule has 0 amide bonds. The number of aliphatic hydroxyl groups excluding tert-OH is 2. The van der Waals surface area contributed by atoms with Crippen molar-refractivity contribution in [2.75, 3.05) is 13.2 Å². The number of rotatable bonds is 35. The predicted octanol–water partition coefficient (Wildman–Crippen LogP) is 13.7. The van der Waals surface area contributed by atoms with Gasteiger partial charge in [0, 0.05) is 26.1 Å². The number of carboxylic acids is 6. The Bertz CT molecular complexity index is 1620. The van der Waals surface area contributed by atoms with E-state index in [0.717, 1.165) is 70.3 Å². The van der Waals surface area contributed by atoms with Crippen molar-refractivity contribution in [3.8, 4) is 0 Å². The fourth-order valence-electron chi connectivity index (χ4n) is 5.94. The Morgan fingerprint density at radius 2 is 0.643 bits per heavy atom. The number of allylic oxidation sites excluding steroid dienone is 8. The summed E-state index contributed by atoms with van der Waals surface area (Å²) in [6.07, 6.45) is 46.0. The van der Waals surface area contributed by atoms with E-state index in [9.17, 15) is 28.8 Å². The Morgan fingerprint density at radius 1 is 0.357 bits per heavy atom. The number of benzene rings is 2. The van der Waals surface area contributed by atoms with Crippen LogP contribution in [0, 0.1) is 0 Å². The molecule has 0 spiro atoms. The molecule has 0 radical (unpaired) electrons. The minimum atomic E-state index is -1.13. The number of aromatic carboxylic acids is 4. The maximum Gasteiger partial charge on any atom is 0.335 e. The van der Waals surface area contributed by atoms with Crippen molar-refractivity contribution in [3.05, 3.63) is 119 Å². The second kappa shape index (κ2) is 52.5. The van der Waals surface area contributed by atoms with Gasteiger partial charge in [0.15, 0.2) is 0 Å². The van der Waals surface area contributed by atoms with Crippen LogP contribution in [0.15, 0.2) is 97.1 Å². The maximum atomic E-state index is 10.4. The lowest BCUT2D eigenvalue weighted by molar-refractivity contribution is -0.138. The van der Waals surface area contributed by atoms with E-state index in [-0.39, 0.29) is 35.5 Å². The van der Waals surface area contributed by atoms with Gasteiger partial charge in [0.1, 0.15) is 0 Å². The number of hydrogen-bond acceptors (Lipinski definition) is 8. The van der Waals surface area contributed by atoms with E-state index in [0.29, 0.717) is 12.8 Å². The van der Waals surface area contributed by atoms with Crippen LogP contribution in [0.1, 0.15) is 222 Å². The average Bonchev–Trinajstić information content (AvgIpc) is 3.34. The van der Waals surface area contributed by atoms with E-state index in [2.05, 4.69) is 62.5 Å². The van der Waals surface area contributed by atoms with Gasteiger partial charge in [-0.1, -0.05) is 133 Å². The topological polar surface area (TPSA) is 264 Å². The summed E-state index contributed by atoms with van der Waals surface area (Å²) in [5.41, 5.74) is 0.129. The van der Waals surface area contributed by atoms with Crippen LogP contribution in [0.25, 0.3) is 0 Å². The summed E-state index contributed by atoms with van der Waals surface area (Å²) >= 11 is 0. The van der Waals surface area contributed by atoms with E-state index >= 15 is 0 Å². The third-order valence-electron chi connectivity index (χ3n) is 9.98. The Balaban J connectivity index is -0.000000839. The highest BCUT2D eigenvalue weighted by Gasteiger charge is 2.07. The summed E-state index contributed by atoms with van der Waals surface area (Å²) in [4.78, 5) is 62.1. The first-order chi connectivity index (χ1) is 33.7. The van der Waals surface area contributed by atoms with Gasteiger partial charge < -0.3 is 40.9 Å². The van der Waals surface area contributed by atoms with Crippen molar-refractivity contribution in [2.24, 2.45) is 0 Å². The second-order valence-electron chi connectivity index (χ2n) is 16.3. The predicted molar refractivity (Wildman–Crippen MR) is 278 cm³/mol. The minimum Gasteiger partial charge on any atom is -0.481 e. The van der Waals surface area contributed by atoms with Crippen LogP contribution in [0.2, 0.25) is 0 Å². The standard InChI is InChI=1S/2C18H32O2.2C8H6O4.C4H10O2/c2*1-2-3-4-5-6-7-8-9-10-11-12-13-14-15-16-17-18(19)20;9-7(10)5-1-2-6(4-3-5)8(11)12;9-7(10)5-2-1-3-6(4-5)8(11)12;5-3-1-2-4-6/h2*6-7,9-10H,2-5,8,11-17H2,1H3,(H,19,20);2*1-4H,(H,9,10)(H,11,12);5-6H,1-4H2/b2*7-6-,10-9-;;;. The molecule has 2 rings (SSSR count). The van der Waals surface area contributed by atoms with Crippen molar-refractivity contribution in [1.82, 2.24) is 0 Å². The fourth-order valence-corrected chi connectivity index (χ4v) is 5.94. The first kappa shape index (κ1) is 68.4. The van der Waals surface area contributed by atoms with Crippen LogP contribution in [0.5, 0.6) is 0 Å². The molecule has 2 aromatic carbocycles. The molecule has 394 valence electrons. The Labute approximate surface area is 417 Å². The van der Waals surface area contributed by atoms with Gasteiger partial charge in [-0.25, -0.2) is 19.2 Å².